The minimum absolute atomic E-state index is 0.114. The summed E-state index contributed by atoms with van der Waals surface area (Å²) >= 11 is 0. The number of piperidine rings is 2. The zero-order valence-corrected chi connectivity index (χ0v) is 28.1. The van der Waals surface area contributed by atoms with E-state index in [0.717, 1.165) is 56.5 Å². The van der Waals surface area contributed by atoms with Crippen molar-refractivity contribution in [2.45, 2.75) is 167 Å². The summed E-state index contributed by atoms with van der Waals surface area (Å²) in [5.41, 5.74) is 0.455. The molecule has 3 aliphatic rings. The molecule has 0 N–H and O–H groups in total. The third-order valence-electron chi connectivity index (χ3n) is 11.2. The third kappa shape index (κ3) is 6.16. The van der Waals surface area contributed by atoms with Crippen LogP contribution < -0.4 is 9.80 Å². The maximum absolute atomic E-state index is 5.35. The van der Waals surface area contributed by atoms with E-state index in [1.807, 2.05) is 0 Å². The highest BCUT2D eigenvalue weighted by Crippen LogP contribution is 2.42. The molecule has 3 fully saturated rings. The van der Waals surface area contributed by atoms with E-state index in [2.05, 4.69) is 103 Å². The van der Waals surface area contributed by atoms with Crippen molar-refractivity contribution in [2.24, 2.45) is 0 Å². The van der Waals surface area contributed by atoms with Crippen molar-refractivity contribution < 1.29 is 0 Å². The second-order valence-corrected chi connectivity index (χ2v) is 15.7. The van der Waals surface area contributed by atoms with Crippen molar-refractivity contribution in [3.8, 4) is 0 Å². The maximum Gasteiger partial charge on any atom is 0.230 e. The van der Waals surface area contributed by atoms with E-state index >= 15 is 0 Å². The molecule has 40 heavy (non-hydrogen) atoms. The molecule has 228 valence electrons. The van der Waals surface area contributed by atoms with Gasteiger partial charge < -0.3 is 9.80 Å². The molecule has 1 aromatic heterocycles. The average molecular weight is 556 g/mol. The molecule has 3 heterocycles. The first-order valence-electron chi connectivity index (χ1n) is 16.3. The highest BCUT2D eigenvalue weighted by Gasteiger charge is 2.47. The van der Waals surface area contributed by atoms with Crippen LogP contribution in [0.4, 0.5) is 11.9 Å². The molecule has 7 heteroatoms. The van der Waals surface area contributed by atoms with E-state index in [9.17, 15) is 0 Å². The minimum Gasteiger partial charge on any atom is -0.338 e. The van der Waals surface area contributed by atoms with Crippen LogP contribution in [-0.2, 0) is 0 Å². The van der Waals surface area contributed by atoms with E-state index in [0.29, 0.717) is 18.0 Å². The lowest BCUT2D eigenvalue weighted by atomic mass is 9.77. The van der Waals surface area contributed by atoms with Gasteiger partial charge in [0.05, 0.1) is 0 Å². The Hall–Kier alpha value is -1.47. The second-order valence-electron chi connectivity index (χ2n) is 15.7. The number of anilines is 2. The smallest absolute Gasteiger partial charge is 0.230 e. The summed E-state index contributed by atoms with van der Waals surface area (Å²) in [6.07, 6.45) is 10.7. The predicted octanol–water partition coefficient (Wildman–Crippen LogP) is 6.87. The first-order chi connectivity index (χ1) is 18.5. The van der Waals surface area contributed by atoms with Crippen molar-refractivity contribution in [1.82, 2.24) is 24.8 Å². The van der Waals surface area contributed by atoms with Gasteiger partial charge in [-0.25, -0.2) is 0 Å². The summed E-state index contributed by atoms with van der Waals surface area (Å²) in [6, 6.07) is 0.800. The molecule has 4 rings (SSSR count). The molecule has 0 atom stereocenters. The van der Waals surface area contributed by atoms with E-state index < -0.39 is 0 Å². The lowest BCUT2D eigenvalue weighted by Crippen LogP contribution is -2.63. The minimum atomic E-state index is 0.114. The molecule has 0 amide bonds. The van der Waals surface area contributed by atoms with Gasteiger partial charge >= 0.3 is 0 Å². The van der Waals surface area contributed by atoms with E-state index in [1.54, 1.807) is 0 Å². The quantitative estimate of drug-likeness (QED) is 0.364. The van der Waals surface area contributed by atoms with Crippen LogP contribution in [0.2, 0.25) is 0 Å². The zero-order chi connectivity index (χ0) is 29.7. The molecule has 1 aromatic rings. The summed E-state index contributed by atoms with van der Waals surface area (Å²) in [5, 5.41) is 0. The lowest BCUT2D eigenvalue weighted by Gasteiger charge is -2.56. The molecular formula is C33H61N7. The normalized spacial score (nSPS) is 26.1. The van der Waals surface area contributed by atoms with Crippen molar-refractivity contribution in [3.05, 3.63) is 5.82 Å². The maximum atomic E-state index is 5.35. The van der Waals surface area contributed by atoms with Gasteiger partial charge in [-0.2, -0.15) is 15.0 Å². The Morgan fingerprint density at radius 2 is 0.950 bits per heavy atom. The molecule has 7 nitrogen and oxygen atoms in total. The van der Waals surface area contributed by atoms with Crippen LogP contribution in [0.15, 0.2) is 0 Å². The van der Waals surface area contributed by atoms with Gasteiger partial charge in [0.1, 0.15) is 5.82 Å². The number of aromatic nitrogens is 3. The molecular weight excluding hydrogens is 494 g/mol. The summed E-state index contributed by atoms with van der Waals surface area (Å²) < 4.78 is 0. The Morgan fingerprint density at radius 3 is 1.27 bits per heavy atom. The molecule has 1 aliphatic carbocycles. The van der Waals surface area contributed by atoms with Gasteiger partial charge in [0.2, 0.25) is 11.9 Å². The number of rotatable bonds is 7. The Kier molecular flexibility index (Phi) is 8.90. The van der Waals surface area contributed by atoms with Crippen LogP contribution in [0.1, 0.15) is 139 Å². The Morgan fingerprint density at radius 1 is 0.600 bits per heavy atom. The molecule has 0 spiro atoms. The third-order valence-corrected chi connectivity index (χ3v) is 11.2. The second kappa shape index (κ2) is 11.3. The summed E-state index contributed by atoms with van der Waals surface area (Å²) in [4.78, 5) is 26.1. The SMILES string of the molecule is CCN(c1nc(C2CCCCC2)nc(N(CC)C2CC(C)(C)N(C)C(C)(C)C2)n1)C1CC(C)(C)N(C)C(C)(C)C1. The van der Waals surface area contributed by atoms with Crippen molar-refractivity contribution in [3.63, 3.8) is 0 Å². The van der Waals surface area contributed by atoms with Crippen LogP contribution in [-0.4, -0.2) is 86.2 Å². The molecule has 2 saturated heterocycles. The highest BCUT2D eigenvalue weighted by molar-refractivity contribution is 5.42. The fourth-order valence-corrected chi connectivity index (χ4v) is 8.37. The Balaban J connectivity index is 1.76. The first-order valence-corrected chi connectivity index (χ1v) is 16.3. The lowest BCUT2D eigenvalue weighted by molar-refractivity contribution is -0.0128. The number of likely N-dealkylation sites (tertiary alicyclic amines) is 2. The highest BCUT2D eigenvalue weighted by atomic mass is 15.4. The first kappa shape index (κ1) is 31.5. The fraction of sp³-hybridized carbons (Fsp3) is 0.909. The molecule has 0 unspecified atom stereocenters. The largest absolute Gasteiger partial charge is 0.338 e. The van der Waals surface area contributed by atoms with Gasteiger partial charge in [0.25, 0.3) is 0 Å². The van der Waals surface area contributed by atoms with E-state index in [1.165, 1.54) is 32.1 Å². The Labute approximate surface area is 246 Å². The monoisotopic (exact) mass is 555 g/mol. The summed E-state index contributed by atoms with van der Waals surface area (Å²) in [6.45, 7) is 25.5. The van der Waals surface area contributed by atoms with E-state index in [-0.39, 0.29) is 22.2 Å². The number of hydrogen-bond donors (Lipinski definition) is 0. The molecule has 2 aliphatic heterocycles. The standard InChI is InChI=1S/C33H61N7/c1-13-39(25-20-30(3,4)37(11)31(5,6)21-25)28-34-27(24-18-16-15-17-19-24)35-29(36-28)40(14-2)26-22-32(7,8)38(12)33(9,10)23-26/h24-26H,13-23H2,1-12H3. The van der Waals surface area contributed by atoms with Crippen LogP contribution in [0.25, 0.3) is 0 Å². The van der Waals surface area contributed by atoms with Crippen molar-refractivity contribution in [2.75, 3.05) is 37.0 Å². The molecule has 0 aromatic carbocycles. The number of nitrogens with zero attached hydrogens (tertiary/aromatic N) is 7. The number of hydrogen-bond acceptors (Lipinski definition) is 7. The van der Waals surface area contributed by atoms with Gasteiger partial charge in [-0.1, -0.05) is 19.3 Å². The summed E-state index contributed by atoms with van der Waals surface area (Å²) in [7, 11) is 4.58. The van der Waals surface area contributed by atoms with Crippen LogP contribution in [0, 0.1) is 0 Å². The van der Waals surface area contributed by atoms with Crippen molar-refractivity contribution in [1.29, 1.82) is 0 Å². The van der Waals surface area contributed by atoms with E-state index in [4.69, 9.17) is 15.0 Å². The van der Waals surface area contributed by atoms with Crippen LogP contribution in [0.5, 0.6) is 0 Å². The molecule has 0 bridgehead atoms. The van der Waals surface area contributed by atoms with Crippen LogP contribution in [0.3, 0.4) is 0 Å². The topological polar surface area (TPSA) is 51.6 Å². The van der Waals surface area contributed by atoms with Gasteiger partial charge in [0.15, 0.2) is 0 Å². The zero-order valence-electron chi connectivity index (χ0n) is 28.1. The summed E-state index contributed by atoms with van der Waals surface area (Å²) in [5.74, 6) is 3.29. The van der Waals surface area contributed by atoms with Gasteiger partial charge in [-0.05, 0) is 122 Å². The molecule has 0 radical (unpaired) electrons. The Bertz CT molecular complexity index is 906. The molecule has 1 saturated carbocycles. The fourth-order valence-electron chi connectivity index (χ4n) is 8.37. The van der Waals surface area contributed by atoms with Crippen LogP contribution >= 0.6 is 0 Å². The van der Waals surface area contributed by atoms with Gasteiger partial charge in [0, 0.05) is 53.2 Å². The van der Waals surface area contributed by atoms with Crippen molar-refractivity contribution >= 4 is 11.9 Å². The van der Waals surface area contributed by atoms with Gasteiger partial charge in [-0.3, -0.25) is 9.80 Å². The predicted molar refractivity (Wildman–Crippen MR) is 170 cm³/mol. The average Bonchev–Trinajstić information content (AvgIpc) is 2.86. The van der Waals surface area contributed by atoms with Gasteiger partial charge in [-0.15, -0.1) is 0 Å².